The molecule has 2 rings (SSSR count). The number of nitrogens with one attached hydrogen (secondary N) is 2. The first kappa shape index (κ1) is 9.22. The van der Waals surface area contributed by atoms with E-state index in [0.717, 1.165) is 25.6 Å². The van der Waals surface area contributed by atoms with Crippen molar-refractivity contribution in [3.63, 3.8) is 0 Å². The summed E-state index contributed by atoms with van der Waals surface area (Å²) in [5.74, 6) is 1.06. The van der Waals surface area contributed by atoms with Gasteiger partial charge in [-0.25, -0.2) is 0 Å². The van der Waals surface area contributed by atoms with E-state index in [1.165, 1.54) is 25.8 Å². The molecule has 0 aromatic heterocycles. The minimum atomic E-state index is 1.06. The molecule has 0 bridgehead atoms. The van der Waals surface area contributed by atoms with E-state index in [-0.39, 0.29) is 0 Å². The maximum Gasteiger partial charge on any atom is 0.0183 e. The Morgan fingerprint density at radius 2 is 2.23 bits per heavy atom. The van der Waals surface area contributed by atoms with E-state index >= 15 is 0 Å². The van der Waals surface area contributed by atoms with Crippen molar-refractivity contribution in [3.8, 4) is 0 Å². The molecule has 2 nitrogen and oxygen atoms in total. The minimum Gasteiger partial charge on any atom is -0.313 e. The lowest BCUT2D eigenvalue weighted by molar-refractivity contribution is 0.615. The third kappa shape index (κ3) is 2.82. The Morgan fingerprint density at radius 1 is 1.46 bits per heavy atom. The van der Waals surface area contributed by atoms with Gasteiger partial charge in [0, 0.05) is 19.6 Å². The van der Waals surface area contributed by atoms with Gasteiger partial charge in [-0.2, -0.15) is 0 Å². The summed E-state index contributed by atoms with van der Waals surface area (Å²) in [6.45, 7) is 6.80. The average molecular weight is 180 g/mol. The van der Waals surface area contributed by atoms with Crippen LogP contribution in [0.25, 0.3) is 0 Å². The molecule has 2 fully saturated rings. The molecule has 74 valence electrons. The molecule has 2 N–H and O–H groups in total. The van der Waals surface area contributed by atoms with Crippen LogP contribution in [0.1, 0.15) is 26.2 Å². The van der Waals surface area contributed by atoms with Gasteiger partial charge < -0.3 is 10.6 Å². The van der Waals surface area contributed by atoms with Crippen molar-refractivity contribution in [2.45, 2.75) is 26.2 Å². The highest BCUT2D eigenvalue weighted by Crippen LogP contribution is 2.31. The summed E-state index contributed by atoms with van der Waals surface area (Å²) in [7, 11) is 0. The summed E-state index contributed by atoms with van der Waals surface area (Å²) in [6.07, 6.45) is 4.35. The lowest BCUT2D eigenvalue weighted by Gasteiger charge is -2.22. The van der Waals surface area contributed by atoms with Crippen LogP contribution < -0.4 is 10.6 Å². The molecule has 2 heteroatoms. The van der Waals surface area contributed by atoms with E-state index in [1.54, 1.807) is 11.1 Å². The molecule has 1 heterocycles. The first-order chi connectivity index (χ1) is 6.36. The van der Waals surface area contributed by atoms with E-state index in [0.29, 0.717) is 0 Å². The molecule has 0 amide bonds. The second-order valence-electron chi connectivity index (χ2n) is 4.40. The average Bonchev–Trinajstić information content (AvgIpc) is 2.77. The van der Waals surface area contributed by atoms with E-state index < -0.39 is 0 Å². The summed E-state index contributed by atoms with van der Waals surface area (Å²) in [5.41, 5.74) is 3.16. The highest BCUT2D eigenvalue weighted by molar-refractivity contribution is 5.22. The SMILES string of the molecule is CC(CNCCC1CC1)=C1CNC1. The zero-order chi connectivity index (χ0) is 9.10. The zero-order valence-electron chi connectivity index (χ0n) is 8.53. The predicted molar refractivity (Wildman–Crippen MR) is 55.8 cm³/mol. The van der Waals surface area contributed by atoms with Crippen molar-refractivity contribution in [2.75, 3.05) is 26.2 Å². The summed E-state index contributed by atoms with van der Waals surface area (Å²) in [4.78, 5) is 0. The molecule has 0 unspecified atom stereocenters. The summed E-state index contributed by atoms with van der Waals surface area (Å²) in [5, 5.41) is 6.80. The maximum absolute atomic E-state index is 3.52. The molecule has 1 aliphatic carbocycles. The van der Waals surface area contributed by atoms with Gasteiger partial charge in [0.15, 0.2) is 0 Å². The predicted octanol–water partition coefficient (Wildman–Crippen LogP) is 1.30. The van der Waals surface area contributed by atoms with Crippen LogP contribution in [0.4, 0.5) is 0 Å². The fourth-order valence-electron chi connectivity index (χ4n) is 1.67. The van der Waals surface area contributed by atoms with E-state index in [2.05, 4.69) is 17.6 Å². The lowest BCUT2D eigenvalue weighted by Crippen LogP contribution is -2.36. The quantitative estimate of drug-likeness (QED) is 0.492. The van der Waals surface area contributed by atoms with Gasteiger partial charge in [0.1, 0.15) is 0 Å². The van der Waals surface area contributed by atoms with Gasteiger partial charge in [-0.3, -0.25) is 0 Å². The van der Waals surface area contributed by atoms with Crippen LogP contribution in [0.3, 0.4) is 0 Å². The van der Waals surface area contributed by atoms with Crippen LogP contribution in [0.15, 0.2) is 11.1 Å². The maximum atomic E-state index is 3.52. The standard InChI is InChI=1S/C11H20N2/c1-9(11-7-13-8-11)6-12-5-4-10-2-3-10/h10,12-13H,2-8H2,1H3. The molecule has 1 aliphatic heterocycles. The number of hydrogen-bond donors (Lipinski definition) is 2. The molecular formula is C11H20N2. The zero-order valence-corrected chi connectivity index (χ0v) is 8.53. The van der Waals surface area contributed by atoms with Gasteiger partial charge in [-0.05, 0) is 31.4 Å². The highest BCUT2D eigenvalue weighted by atomic mass is 14.9. The molecule has 0 atom stereocenters. The molecule has 0 aromatic rings. The van der Waals surface area contributed by atoms with Crippen LogP contribution >= 0.6 is 0 Å². The van der Waals surface area contributed by atoms with Gasteiger partial charge in [0.05, 0.1) is 0 Å². The highest BCUT2D eigenvalue weighted by Gasteiger charge is 2.20. The lowest BCUT2D eigenvalue weighted by atomic mass is 10.0. The second-order valence-corrected chi connectivity index (χ2v) is 4.40. The third-order valence-electron chi connectivity index (χ3n) is 3.10. The van der Waals surface area contributed by atoms with Crippen LogP contribution in [0.5, 0.6) is 0 Å². The number of rotatable bonds is 5. The molecule has 1 saturated carbocycles. The van der Waals surface area contributed by atoms with Gasteiger partial charge in [-0.15, -0.1) is 0 Å². The van der Waals surface area contributed by atoms with Gasteiger partial charge >= 0.3 is 0 Å². The van der Waals surface area contributed by atoms with E-state index in [9.17, 15) is 0 Å². The largest absolute Gasteiger partial charge is 0.313 e. The van der Waals surface area contributed by atoms with Crippen molar-refractivity contribution in [1.82, 2.24) is 10.6 Å². The van der Waals surface area contributed by atoms with Gasteiger partial charge in [0.2, 0.25) is 0 Å². The Balaban J connectivity index is 1.55. The van der Waals surface area contributed by atoms with E-state index in [4.69, 9.17) is 0 Å². The Hall–Kier alpha value is -0.340. The fraction of sp³-hybridized carbons (Fsp3) is 0.818. The topological polar surface area (TPSA) is 24.1 Å². The van der Waals surface area contributed by atoms with E-state index in [1.807, 2.05) is 0 Å². The monoisotopic (exact) mass is 180 g/mol. The van der Waals surface area contributed by atoms with Crippen LogP contribution in [0, 0.1) is 5.92 Å². The Labute approximate surface area is 80.8 Å². The summed E-state index contributed by atoms with van der Waals surface area (Å²) < 4.78 is 0. The first-order valence-electron chi connectivity index (χ1n) is 5.45. The molecule has 1 saturated heterocycles. The van der Waals surface area contributed by atoms with Crippen LogP contribution in [0.2, 0.25) is 0 Å². The minimum absolute atomic E-state index is 1.06. The van der Waals surface area contributed by atoms with Crippen molar-refractivity contribution in [3.05, 3.63) is 11.1 Å². The van der Waals surface area contributed by atoms with Crippen LogP contribution in [-0.4, -0.2) is 26.2 Å². The molecule has 13 heavy (non-hydrogen) atoms. The number of hydrogen-bond acceptors (Lipinski definition) is 2. The Bertz CT molecular complexity index is 198. The Kier molecular flexibility index (Phi) is 3.01. The molecular weight excluding hydrogens is 160 g/mol. The third-order valence-corrected chi connectivity index (χ3v) is 3.10. The van der Waals surface area contributed by atoms with Crippen molar-refractivity contribution < 1.29 is 0 Å². The smallest absolute Gasteiger partial charge is 0.0183 e. The summed E-state index contributed by atoms with van der Waals surface area (Å²) in [6, 6.07) is 0. The molecule has 0 aromatic carbocycles. The first-order valence-corrected chi connectivity index (χ1v) is 5.45. The Morgan fingerprint density at radius 3 is 2.77 bits per heavy atom. The second kappa shape index (κ2) is 4.25. The molecule has 0 spiro atoms. The molecule has 2 aliphatic rings. The van der Waals surface area contributed by atoms with Crippen molar-refractivity contribution >= 4 is 0 Å². The van der Waals surface area contributed by atoms with Gasteiger partial charge in [-0.1, -0.05) is 18.4 Å². The van der Waals surface area contributed by atoms with Crippen molar-refractivity contribution in [2.24, 2.45) is 5.92 Å². The molecule has 0 radical (unpaired) electrons. The van der Waals surface area contributed by atoms with Crippen LogP contribution in [-0.2, 0) is 0 Å². The summed E-state index contributed by atoms with van der Waals surface area (Å²) >= 11 is 0. The fourth-order valence-corrected chi connectivity index (χ4v) is 1.67. The van der Waals surface area contributed by atoms with Gasteiger partial charge in [0.25, 0.3) is 0 Å². The normalized spacial score (nSPS) is 21.5. The van der Waals surface area contributed by atoms with Crippen molar-refractivity contribution in [1.29, 1.82) is 0 Å².